The molecular formula is C19H22N2O3. The van der Waals surface area contributed by atoms with Crippen molar-refractivity contribution in [2.24, 2.45) is 0 Å². The number of likely N-dealkylation sites (N-methyl/N-ethyl adjacent to an activating group) is 1. The van der Waals surface area contributed by atoms with Crippen molar-refractivity contribution in [1.29, 1.82) is 0 Å². The number of ether oxygens (including phenoxy) is 2. The van der Waals surface area contributed by atoms with E-state index in [2.05, 4.69) is 29.0 Å². The molecule has 2 aliphatic heterocycles. The summed E-state index contributed by atoms with van der Waals surface area (Å²) < 4.78 is 10.9. The molecule has 2 aliphatic rings. The molecule has 0 amide bonds. The minimum absolute atomic E-state index is 0.00870. The molecule has 1 N–H and O–H groups in total. The molecule has 4 rings (SSSR count). The lowest BCUT2D eigenvalue weighted by molar-refractivity contribution is 0.126. The van der Waals surface area contributed by atoms with Gasteiger partial charge in [-0.1, -0.05) is 30.3 Å². The van der Waals surface area contributed by atoms with Gasteiger partial charge in [-0.3, -0.25) is 4.90 Å². The molecule has 0 radical (unpaired) electrons. The predicted octanol–water partition coefficient (Wildman–Crippen LogP) is 2.46. The number of phenolic OH excluding ortho intramolecular Hbond substituents is 1. The van der Waals surface area contributed by atoms with E-state index in [1.54, 1.807) is 6.07 Å². The van der Waals surface area contributed by atoms with Crippen molar-refractivity contribution in [3.63, 3.8) is 0 Å². The minimum Gasteiger partial charge on any atom is -0.507 e. The summed E-state index contributed by atoms with van der Waals surface area (Å²) in [5, 5.41) is 10.6. The average molecular weight is 326 g/mol. The van der Waals surface area contributed by atoms with E-state index >= 15 is 0 Å². The second-order valence-corrected chi connectivity index (χ2v) is 6.42. The Hall–Kier alpha value is -2.24. The lowest BCUT2D eigenvalue weighted by Crippen LogP contribution is -2.46. The van der Waals surface area contributed by atoms with Crippen molar-refractivity contribution in [1.82, 2.24) is 9.80 Å². The van der Waals surface area contributed by atoms with Crippen molar-refractivity contribution >= 4 is 0 Å². The Morgan fingerprint density at radius 1 is 0.958 bits per heavy atom. The van der Waals surface area contributed by atoms with Gasteiger partial charge in [-0.25, -0.2) is 0 Å². The first-order valence-electron chi connectivity index (χ1n) is 8.32. The second-order valence-electron chi connectivity index (χ2n) is 6.42. The first kappa shape index (κ1) is 15.3. The molecule has 2 heterocycles. The average Bonchev–Trinajstić information content (AvgIpc) is 3.05. The first-order chi connectivity index (χ1) is 11.7. The Morgan fingerprint density at radius 3 is 2.33 bits per heavy atom. The fourth-order valence-corrected chi connectivity index (χ4v) is 3.47. The van der Waals surface area contributed by atoms with Crippen molar-refractivity contribution in [2.45, 2.75) is 6.04 Å². The number of phenols is 1. The maximum absolute atomic E-state index is 10.6. The van der Waals surface area contributed by atoms with Gasteiger partial charge in [-0.15, -0.1) is 0 Å². The van der Waals surface area contributed by atoms with Gasteiger partial charge in [0, 0.05) is 37.8 Å². The van der Waals surface area contributed by atoms with Gasteiger partial charge in [-0.2, -0.15) is 0 Å². The van der Waals surface area contributed by atoms with Crippen LogP contribution in [0.2, 0.25) is 0 Å². The highest BCUT2D eigenvalue weighted by Gasteiger charge is 2.29. The third kappa shape index (κ3) is 2.81. The van der Waals surface area contributed by atoms with Crippen LogP contribution in [0.25, 0.3) is 0 Å². The van der Waals surface area contributed by atoms with Gasteiger partial charge in [0.15, 0.2) is 11.5 Å². The lowest BCUT2D eigenvalue weighted by Gasteiger charge is -2.38. The zero-order chi connectivity index (χ0) is 16.5. The van der Waals surface area contributed by atoms with Crippen LogP contribution in [-0.2, 0) is 0 Å². The zero-order valence-electron chi connectivity index (χ0n) is 13.8. The molecule has 5 nitrogen and oxygen atoms in total. The highest BCUT2D eigenvalue weighted by Crippen LogP contribution is 2.43. The number of rotatable bonds is 3. The molecule has 0 spiro atoms. The predicted molar refractivity (Wildman–Crippen MR) is 91.6 cm³/mol. The molecule has 1 fully saturated rings. The van der Waals surface area contributed by atoms with Gasteiger partial charge in [0.1, 0.15) is 5.75 Å². The molecule has 1 saturated heterocycles. The SMILES string of the molecule is CN1CCN([C@@H](c2ccccc2)c2cc3c(cc2O)OCO3)CC1. The quantitative estimate of drug-likeness (QED) is 0.939. The van der Waals surface area contributed by atoms with Crippen LogP contribution in [0.5, 0.6) is 17.2 Å². The second kappa shape index (κ2) is 6.34. The zero-order valence-corrected chi connectivity index (χ0v) is 13.8. The molecule has 0 unspecified atom stereocenters. The first-order valence-corrected chi connectivity index (χ1v) is 8.32. The van der Waals surface area contributed by atoms with E-state index in [4.69, 9.17) is 9.47 Å². The Bertz CT molecular complexity index is 712. The van der Waals surface area contributed by atoms with Gasteiger partial charge < -0.3 is 19.5 Å². The molecule has 0 bridgehead atoms. The maximum Gasteiger partial charge on any atom is 0.231 e. The Kier molecular flexibility index (Phi) is 4.04. The van der Waals surface area contributed by atoms with Gasteiger partial charge in [0.2, 0.25) is 6.79 Å². The fraction of sp³-hybridized carbons (Fsp3) is 0.368. The Balaban J connectivity index is 1.76. The van der Waals surface area contributed by atoms with Crippen LogP contribution in [0.1, 0.15) is 17.2 Å². The van der Waals surface area contributed by atoms with Crippen LogP contribution in [0.15, 0.2) is 42.5 Å². The number of hydrogen-bond acceptors (Lipinski definition) is 5. The molecule has 24 heavy (non-hydrogen) atoms. The van der Waals surface area contributed by atoms with Crippen LogP contribution in [0.3, 0.4) is 0 Å². The molecular weight excluding hydrogens is 304 g/mol. The summed E-state index contributed by atoms with van der Waals surface area (Å²) in [5.74, 6) is 1.58. The fourth-order valence-electron chi connectivity index (χ4n) is 3.47. The highest BCUT2D eigenvalue weighted by molar-refractivity contribution is 5.54. The minimum atomic E-state index is 0.00870. The molecule has 2 aromatic carbocycles. The number of piperazine rings is 1. The van der Waals surface area contributed by atoms with Crippen LogP contribution in [-0.4, -0.2) is 54.9 Å². The number of benzene rings is 2. The van der Waals surface area contributed by atoms with Gasteiger partial charge in [0.05, 0.1) is 6.04 Å². The number of fused-ring (bicyclic) bond motifs is 1. The molecule has 1 atom stereocenters. The third-order valence-electron chi connectivity index (χ3n) is 4.83. The summed E-state index contributed by atoms with van der Waals surface area (Å²) in [7, 11) is 2.15. The van der Waals surface area contributed by atoms with E-state index in [0.29, 0.717) is 11.5 Å². The molecule has 0 aromatic heterocycles. The molecule has 126 valence electrons. The van der Waals surface area contributed by atoms with Crippen molar-refractivity contribution in [2.75, 3.05) is 40.0 Å². The van der Waals surface area contributed by atoms with E-state index in [-0.39, 0.29) is 18.6 Å². The van der Waals surface area contributed by atoms with Crippen LogP contribution >= 0.6 is 0 Å². The van der Waals surface area contributed by atoms with E-state index < -0.39 is 0 Å². The van der Waals surface area contributed by atoms with Crippen LogP contribution in [0.4, 0.5) is 0 Å². The van der Waals surface area contributed by atoms with E-state index in [0.717, 1.165) is 31.7 Å². The van der Waals surface area contributed by atoms with Crippen LogP contribution < -0.4 is 9.47 Å². The molecule has 0 aliphatic carbocycles. The van der Waals surface area contributed by atoms with Gasteiger partial charge >= 0.3 is 0 Å². The van der Waals surface area contributed by atoms with Gasteiger partial charge in [-0.05, 0) is 18.7 Å². The smallest absolute Gasteiger partial charge is 0.231 e. The Morgan fingerprint density at radius 2 is 1.62 bits per heavy atom. The largest absolute Gasteiger partial charge is 0.507 e. The van der Waals surface area contributed by atoms with Gasteiger partial charge in [0.25, 0.3) is 0 Å². The van der Waals surface area contributed by atoms with Crippen molar-refractivity contribution in [3.8, 4) is 17.2 Å². The number of aromatic hydroxyl groups is 1. The molecule has 5 heteroatoms. The van der Waals surface area contributed by atoms with E-state index in [9.17, 15) is 5.11 Å². The Labute approximate surface area is 142 Å². The summed E-state index contributed by atoms with van der Waals surface area (Å²) >= 11 is 0. The monoisotopic (exact) mass is 326 g/mol. The summed E-state index contributed by atoms with van der Waals surface area (Å²) in [6, 6.07) is 13.9. The third-order valence-corrected chi connectivity index (χ3v) is 4.83. The topological polar surface area (TPSA) is 45.2 Å². The summed E-state index contributed by atoms with van der Waals surface area (Å²) in [5.41, 5.74) is 2.05. The number of hydrogen-bond donors (Lipinski definition) is 1. The summed E-state index contributed by atoms with van der Waals surface area (Å²) in [6.45, 7) is 4.18. The van der Waals surface area contributed by atoms with Crippen molar-refractivity contribution in [3.05, 3.63) is 53.6 Å². The lowest BCUT2D eigenvalue weighted by atomic mass is 9.95. The molecule has 0 saturated carbocycles. The van der Waals surface area contributed by atoms with E-state index in [1.165, 1.54) is 5.56 Å². The van der Waals surface area contributed by atoms with Crippen molar-refractivity contribution < 1.29 is 14.6 Å². The maximum atomic E-state index is 10.6. The van der Waals surface area contributed by atoms with E-state index in [1.807, 2.05) is 24.3 Å². The standard InChI is InChI=1S/C19H22N2O3/c1-20-7-9-21(10-8-20)19(14-5-3-2-4-6-14)15-11-17-18(12-16(15)22)24-13-23-17/h2-6,11-12,19,22H,7-10,13H2,1H3/t19-/m0/s1. The normalized spacial score (nSPS) is 19.4. The highest BCUT2D eigenvalue weighted by atomic mass is 16.7. The summed E-state index contributed by atoms with van der Waals surface area (Å²) in [4.78, 5) is 4.75. The molecule has 2 aromatic rings. The summed E-state index contributed by atoms with van der Waals surface area (Å²) in [6.07, 6.45) is 0. The number of nitrogens with zero attached hydrogens (tertiary/aromatic N) is 2. The van der Waals surface area contributed by atoms with Crippen LogP contribution in [0, 0.1) is 0 Å².